The standard InChI is InChI=1S/C20H23FN6O2/c1-13-10-16(4-5-17(13)21)18-11-14(2)27(24-18)12-19(28)25-6-8-26(9-7-25)20-23-22-15(3)29-20/h4-5,10-11H,6-9,12H2,1-3H3. The second-order valence-electron chi connectivity index (χ2n) is 7.26. The molecule has 1 amide bonds. The van der Waals surface area contributed by atoms with E-state index in [2.05, 4.69) is 15.3 Å². The molecule has 1 aromatic carbocycles. The van der Waals surface area contributed by atoms with Crippen LogP contribution in [-0.4, -0.2) is 57.0 Å². The number of amides is 1. The number of nitrogens with zero attached hydrogens (tertiary/aromatic N) is 6. The van der Waals surface area contributed by atoms with E-state index in [4.69, 9.17) is 4.42 Å². The van der Waals surface area contributed by atoms with Gasteiger partial charge in [-0.3, -0.25) is 9.48 Å². The Kier molecular flexibility index (Phi) is 5.04. The van der Waals surface area contributed by atoms with Crippen LogP contribution in [0.5, 0.6) is 0 Å². The number of carbonyl (C=O) groups excluding carboxylic acids is 1. The zero-order valence-corrected chi connectivity index (χ0v) is 16.7. The Balaban J connectivity index is 1.40. The third-order valence-electron chi connectivity index (χ3n) is 5.14. The summed E-state index contributed by atoms with van der Waals surface area (Å²) < 4.78 is 20.7. The minimum atomic E-state index is -0.241. The molecule has 0 saturated carbocycles. The van der Waals surface area contributed by atoms with Crippen LogP contribution in [0.2, 0.25) is 0 Å². The van der Waals surface area contributed by atoms with Gasteiger partial charge in [0.1, 0.15) is 12.4 Å². The van der Waals surface area contributed by atoms with Crippen molar-refractivity contribution in [1.29, 1.82) is 0 Å². The van der Waals surface area contributed by atoms with Crippen LogP contribution in [0.3, 0.4) is 0 Å². The maximum Gasteiger partial charge on any atom is 0.318 e. The first-order valence-corrected chi connectivity index (χ1v) is 9.54. The second kappa shape index (κ2) is 7.65. The van der Waals surface area contributed by atoms with Gasteiger partial charge >= 0.3 is 6.01 Å². The molecular formula is C20H23FN6O2. The molecule has 0 atom stereocenters. The van der Waals surface area contributed by atoms with Gasteiger partial charge < -0.3 is 14.2 Å². The topological polar surface area (TPSA) is 80.3 Å². The van der Waals surface area contributed by atoms with Crippen molar-refractivity contribution in [1.82, 2.24) is 24.9 Å². The molecule has 1 fully saturated rings. The lowest BCUT2D eigenvalue weighted by atomic mass is 10.1. The fourth-order valence-electron chi connectivity index (χ4n) is 3.40. The van der Waals surface area contributed by atoms with Crippen molar-refractivity contribution in [3.8, 4) is 11.3 Å². The summed E-state index contributed by atoms with van der Waals surface area (Å²) in [6.07, 6.45) is 0. The number of benzene rings is 1. The van der Waals surface area contributed by atoms with Crippen molar-refractivity contribution >= 4 is 11.9 Å². The van der Waals surface area contributed by atoms with E-state index in [0.717, 1.165) is 17.0 Å². The second-order valence-corrected chi connectivity index (χ2v) is 7.26. The van der Waals surface area contributed by atoms with E-state index < -0.39 is 0 Å². The molecule has 0 radical (unpaired) electrons. The third kappa shape index (κ3) is 3.98. The van der Waals surface area contributed by atoms with E-state index in [1.807, 2.05) is 22.8 Å². The fraction of sp³-hybridized carbons (Fsp3) is 0.400. The molecule has 2 aromatic heterocycles. The fourth-order valence-corrected chi connectivity index (χ4v) is 3.40. The number of hydrogen-bond acceptors (Lipinski definition) is 6. The molecule has 1 aliphatic rings. The summed E-state index contributed by atoms with van der Waals surface area (Å²) in [7, 11) is 0. The van der Waals surface area contributed by atoms with Crippen LogP contribution in [0.1, 0.15) is 17.1 Å². The van der Waals surface area contributed by atoms with Crippen molar-refractivity contribution in [3.63, 3.8) is 0 Å². The van der Waals surface area contributed by atoms with Crippen molar-refractivity contribution in [3.05, 3.63) is 47.2 Å². The van der Waals surface area contributed by atoms with Crippen LogP contribution in [0.15, 0.2) is 28.7 Å². The van der Waals surface area contributed by atoms with Crippen molar-refractivity contribution in [2.75, 3.05) is 31.1 Å². The Morgan fingerprint density at radius 1 is 1.10 bits per heavy atom. The molecule has 0 spiro atoms. The number of aryl methyl sites for hydroxylation is 3. The predicted octanol–water partition coefficient (Wildman–Crippen LogP) is 2.35. The summed E-state index contributed by atoms with van der Waals surface area (Å²) in [5, 5.41) is 12.4. The van der Waals surface area contributed by atoms with Gasteiger partial charge in [0, 0.05) is 44.4 Å². The molecule has 1 saturated heterocycles. The smallest absolute Gasteiger partial charge is 0.318 e. The SMILES string of the molecule is Cc1nnc(N2CCN(C(=O)Cn3nc(-c4ccc(F)c(C)c4)cc3C)CC2)o1. The highest BCUT2D eigenvalue weighted by atomic mass is 19.1. The van der Waals surface area contributed by atoms with Crippen molar-refractivity contribution < 1.29 is 13.6 Å². The number of carbonyl (C=O) groups is 1. The highest BCUT2D eigenvalue weighted by Crippen LogP contribution is 2.22. The van der Waals surface area contributed by atoms with E-state index >= 15 is 0 Å². The number of rotatable bonds is 4. The van der Waals surface area contributed by atoms with Crippen LogP contribution >= 0.6 is 0 Å². The van der Waals surface area contributed by atoms with Crippen molar-refractivity contribution in [2.45, 2.75) is 27.3 Å². The molecule has 9 heteroatoms. The average Bonchev–Trinajstić information content (AvgIpc) is 3.30. The summed E-state index contributed by atoms with van der Waals surface area (Å²) in [4.78, 5) is 16.6. The zero-order valence-electron chi connectivity index (χ0n) is 16.7. The van der Waals surface area contributed by atoms with Gasteiger partial charge in [-0.25, -0.2) is 4.39 Å². The summed E-state index contributed by atoms with van der Waals surface area (Å²) in [6.45, 7) is 8.03. The lowest BCUT2D eigenvalue weighted by Crippen LogP contribution is -2.49. The molecule has 0 bridgehead atoms. The molecule has 152 valence electrons. The lowest BCUT2D eigenvalue weighted by Gasteiger charge is -2.33. The highest BCUT2D eigenvalue weighted by Gasteiger charge is 2.24. The molecule has 0 unspecified atom stereocenters. The molecule has 1 aliphatic heterocycles. The first-order chi connectivity index (χ1) is 13.9. The molecular weight excluding hydrogens is 375 g/mol. The maximum absolute atomic E-state index is 13.5. The zero-order chi connectivity index (χ0) is 20.5. The third-order valence-corrected chi connectivity index (χ3v) is 5.14. The first kappa shape index (κ1) is 19.1. The summed E-state index contributed by atoms with van der Waals surface area (Å²) in [6, 6.07) is 7.32. The average molecular weight is 398 g/mol. The number of hydrogen-bond donors (Lipinski definition) is 0. The van der Waals surface area contributed by atoms with E-state index in [-0.39, 0.29) is 18.3 Å². The van der Waals surface area contributed by atoms with Crippen LogP contribution < -0.4 is 4.90 Å². The van der Waals surface area contributed by atoms with Gasteiger partial charge in [-0.05, 0) is 43.7 Å². The Morgan fingerprint density at radius 3 is 2.52 bits per heavy atom. The minimum Gasteiger partial charge on any atom is -0.408 e. The van der Waals surface area contributed by atoms with Gasteiger partial charge in [-0.1, -0.05) is 5.10 Å². The first-order valence-electron chi connectivity index (χ1n) is 9.54. The number of piperazine rings is 1. The highest BCUT2D eigenvalue weighted by molar-refractivity contribution is 5.76. The van der Waals surface area contributed by atoms with Gasteiger partial charge in [-0.15, -0.1) is 5.10 Å². The molecule has 0 aliphatic carbocycles. The predicted molar refractivity (Wildman–Crippen MR) is 105 cm³/mol. The molecule has 3 aromatic rings. The molecule has 4 rings (SSSR count). The van der Waals surface area contributed by atoms with Gasteiger partial charge in [0.2, 0.25) is 11.8 Å². The minimum absolute atomic E-state index is 0.0133. The summed E-state index contributed by atoms with van der Waals surface area (Å²) in [5.41, 5.74) is 3.02. The number of aromatic nitrogens is 4. The Hall–Kier alpha value is -3.23. The summed E-state index contributed by atoms with van der Waals surface area (Å²) in [5.74, 6) is 0.300. The lowest BCUT2D eigenvalue weighted by molar-refractivity contribution is -0.132. The number of halogens is 1. The van der Waals surface area contributed by atoms with Crippen molar-refractivity contribution in [2.24, 2.45) is 0 Å². The van der Waals surface area contributed by atoms with E-state index in [0.29, 0.717) is 43.6 Å². The molecule has 3 heterocycles. The Morgan fingerprint density at radius 2 is 1.86 bits per heavy atom. The van der Waals surface area contributed by atoms with Gasteiger partial charge in [-0.2, -0.15) is 5.10 Å². The van der Waals surface area contributed by atoms with E-state index in [1.165, 1.54) is 6.07 Å². The van der Waals surface area contributed by atoms with Gasteiger partial charge in [0.25, 0.3) is 0 Å². The Bertz CT molecular complexity index is 1040. The molecule has 0 N–H and O–H groups in total. The van der Waals surface area contributed by atoms with Gasteiger partial charge in [0.15, 0.2) is 0 Å². The normalized spacial score (nSPS) is 14.5. The quantitative estimate of drug-likeness (QED) is 0.671. The van der Waals surface area contributed by atoms with E-state index in [9.17, 15) is 9.18 Å². The summed E-state index contributed by atoms with van der Waals surface area (Å²) >= 11 is 0. The monoisotopic (exact) mass is 398 g/mol. The maximum atomic E-state index is 13.5. The number of anilines is 1. The molecule has 29 heavy (non-hydrogen) atoms. The molecule has 8 nitrogen and oxygen atoms in total. The van der Waals surface area contributed by atoms with Crippen LogP contribution in [-0.2, 0) is 11.3 Å². The van der Waals surface area contributed by atoms with E-state index in [1.54, 1.807) is 30.7 Å². The van der Waals surface area contributed by atoms with Gasteiger partial charge in [0.05, 0.1) is 5.69 Å². The van der Waals surface area contributed by atoms with Crippen LogP contribution in [0, 0.1) is 26.6 Å². The van der Waals surface area contributed by atoms with Crippen LogP contribution in [0.25, 0.3) is 11.3 Å². The Labute approximate surface area is 167 Å². The largest absolute Gasteiger partial charge is 0.408 e. The van der Waals surface area contributed by atoms with Crippen LogP contribution in [0.4, 0.5) is 10.4 Å².